The first-order valence-corrected chi connectivity index (χ1v) is 9.30. The van der Waals surface area contributed by atoms with Gasteiger partial charge in [0.25, 0.3) is 5.91 Å². The van der Waals surface area contributed by atoms with E-state index in [4.69, 9.17) is 4.74 Å². The van der Waals surface area contributed by atoms with Crippen LogP contribution >= 0.6 is 0 Å². The molecule has 2 aliphatic rings. The zero-order chi connectivity index (χ0) is 20.5. The molecule has 0 radical (unpaired) electrons. The number of nitrogens with zero attached hydrogens (tertiary/aromatic N) is 1. The first-order chi connectivity index (χ1) is 14.0. The van der Waals surface area contributed by atoms with Crippen molar-refractivity contribution in [2.24, 2.45) is 0 Å². The van der Waals surface area contributed by atoms with Crippen LogP contribution in [0.15, 0.2) is 36.4 Å². The number of hydrogen-bond donors (Lipinski definition) is 2. The number of methoxy groups -OCH3 is 1. The van der Waals surface area contributed by atoms with Gasteiger partial charge in [-0.05, 0) is 24.6 Å². The van der Waals surface area contributed by atoms with Crippen molar-refractivity contribution in [1.29, 1.82) is 0 Å². The number of amides is 3. The molecule has 0 aliphatic carbocycles. The van der Waals surface area contributed by atoms with E-state index in [0.717, 1.165) is 5.56 Å². The van der Waals surface area contributed by atoms with Crippen LogP contribution in [0.3, 0.4) is 0 Å². The van der Waals surface area contributed by atoms with Crippen LogP contribution in [0, 0.1) is 5.82 Å². The summed E-state index contributed by atoms with van der Waals surface area (Å²) >= 11 is 0. The maximum Gasteiger partial charge on any atom is 0.255 e. The number of carbonyl (C=O) groups is 3. The Labute approximate surface area is 166 Å². The smallest absolute Gasteiger partial charge is 0.255 e. The number of rotatable bonds is 5. The summed E-state index contributed by atoms with van der Waals surface area (Å²) < 4.78 is 19.2. The first kappa shape index (κ1) is 18.9. The van der Waals surface area contributed by atoms with Crippen LogP contribution in [0.25, 0.3) is 0 Å². The highest BCUT2D eigenvalue weighted by Gasteiger charge is 2.39. The monoisotopic (exact) mass is 397 g/mol. The summed E-state index contributed by atoms with van der Waals surface area (Å²) in [7, 11) is 1.48. The Hall–Kier alpha value is -3.42. The van der Waals surface area contributed by atoms with Gasteiger partial charge in [-0.25, -0.2) is 4.39 Å². The van der Waals surface area contributed by atoms with Crippen molar-refractivity contribution < 1.29 is 23.5 Å². The van der Waals surface area contributed by atoms with E-state index in [2.05, 4.69) is 10.6 Å². The Morgan fingerprint density at radius 2 is 2.07 bits per heavy atom. The van der Waals surface area contributed by atoms with Gasteiger partial charge in [0, 0.05) is 48.0 Å². The fourth-order valence-electron chi connectivity index (χ4n) is 3.74. The largest absolute Gasteiger partial charge is 0.497 e. The van der Waals surface area contributed by atoms with Crippen molar-refractivity contribution >= 4 is 23.4 Å². The van der Waals surface area contributed by atoms with Crippen molar-refractivity contribution in [3.8, 4) is 5.75 Å². The average molecular weight is 397 g/mol. The minimum atomic E-state index is -0.667. The number of halogens is 1. The molecule has 0 bridgehead atoms. The molecule has 2 heterocycles. The third kappa shape index (κ3) is 3.53. The lowest BCUT2D eigenvalue weighted by Crippen LogP contribution is -2.52. The molecule has 7 nitrogen and oxygen atoms in total. The van der Waals surface area contributed by atoms with Crippen molar-refractivity contribution in [1.82, 2.24) is 10.2 Å². The van der Waals surface area contributed by atoms with Crippen LogP contribution in [0.5, 0.6) is 5.75 Å². The van der Waals surface area contributed by atoms with E-state index in [1.807, 2.05) is 6.07 Å². The summed E-state index contributed by atoms with van der Waals surface area (Å²) in [5.74, 6) is -0.951. The van der Waals surface area contributed by atoms with E-state index >= 15 is 0 Å². The van der Waals surface area contributed by atoms with Gasteiger partial charge in [0.05, 0.1) is 7.11 Å². The molecule has 4 rings (SSSR count). The lowest BCUT2D eigenvalue weighted by atomic mass is 10.0. The summed E-state index contributed by atoms with van der Waals surface area (Å²) in [5.41, 5.74) is 2.45. The Balaban J connectivity index is 1.53. The van der Waals surface area contributed by atoms with E-state index in [1.54, 1.807) is 24.3 Å². The van der Waals surface area contributed by atoms with Gasteiger partial charge in [-0.15, -0.1) is 0 Å². The first-order valence-electron chi connectivity index (χ1n) is 9.30. The highest BCUT2D eigenvalue weighted by Crippen LogP contribution is 2.32. The molecular weight excluding hydrogens is 377 g/mol. The third-order valence-electron chi connectivity index (χ3n) is 5.31. The highest BCUT2D eigenvalue weighted by molar-refractivity contribution is 6.06. The quantitative estimate of drug-likeness (QED) is 0.756. The van der Waals surface area contributed by atoms with Crippen LogP contribution in [-0.4, -0.2) is 35.8 Å². The topological polar surface area (TPSA) is 87.7 Å². The molecule has 1 unspecified atom stereocenters. The maximum absolute atomic E-state index is 14.2. The summed E-state index contributed by atoms with van der Waals surface area (Å²) in [6, 6.07) is 9.26. The molecule has 1 saturated heterocycles. The third-order valence-corrected chi connectivity index (χ3v) is 5.31. The van der Waals surface area contributed by atoms with Gasteiger partial charge < -0.3 is 15.0 Å². The van der Waals surface area contributed by atoms with Crippen molar-refractivity contribution in [3.63, 3.8) is 0 Å². The summed E-state index contributed by atoms with van der Waals surface area (Å²) in [6.45, 7) is 0.494. The number of anilines is 1. The standard InChI is InChI=1S/C21H20FN3O4/c1-29-13-6-5-12(16(22)9-13)10-23-17-4-2-3-14-15(17)11-25(21(14)28)18-7-8-19(26)24-20(18)27/h2-6,9,18,23H,7-8,10-11H2,1H3,(H,24,26,27). The number of imide groups is 1. The molecule has 1 atom stereocenters. The van der Waals surface area contributed by atoms with Crippen molar-refractivity contribution in [2.45, 2.75) is 32.0 Å². The van der Waals surface area contributed by atoms with E-state index in [1.165, 1.54) is 18.1 Å². The molecular formula is C21H20FN3O4. The maximum atomic E-state index is 14.2. The summed E-state index contributed by atoms with van der Waals surface area (Å²) in [5, 5.41) is 5.48. The number of carbonyl (C=O) groups excluding carboxylic acids is 3. The van der Waals surface area contributed by atoms with E-state index in [-0.39, 0.29) is 37.1 Å². The average Bonchev–Trinajstić information content (AvgIpc) is 3.04. The molecule has 0 aromatic heterocycles. The summed E-state index contributed by atoms with van der Waals surface area (Å²) in [4.78, 5) is 37.9. The van der Waals surface area contributed by atoms with Crippen LogP contribution in [0.4, 0.5) is 10.1 Å². The lowest BCUT2D eigenvalue weighted by Gasteiger charge is -2.29. The number of fused-ring (bicyclic) bond motifs is 1. The van der Waals surface area contributed by atoms with Crippen LogP contribution in [-0.2, 0) is 22.7 Å². The normalized spacial score (nSPS) is 18.5. The molecule has 0 saturated carbocycles. The van der Waals surface area contributed by atoms with Gasteiger partial charge in [-0.2, -0.15) is 0 Å². The Bertz CT molecular complexity index is 1010. The van der Waals surface area contributed by atoms with Crippen LogP contribution < -0.4 is 15.4 Å². The zero-order valence-corrected chi connectivity index (χ0v) is 15.8. The van der Waals surface area contributed by atoms with Crippen LogP contribution in [0.1, 0.15) is 34.3 Å². The fraction of sp³-hybridized carbons (Fsp3) is 0.286. The molecule has 2 aromatic carbocycles. The fourth-order valence-corrected chi connectivity index (χ4v) is 3.74. The molecule has 1 fully saturated rings. The molecule has 0 spiro atoms. The zero-order valence-electron chi connectivity index (χ0n) is 15.8. The second kappa shape index (κ2) is 7.54. The Morgan fingerprint density at radius 1 is 1.24 bits per heavy atom. The minimum Gasteiger partial charge on any atom is -0.497 e. The van der Waals surface area contributed by atoms with E-state index in [9.17, 15) is 18.8 Å². The number of piperidine rings is 1. The number of nitrogens with one attached hydrogen (secondary N) is 2. The summed E-state index contributed by atoms with van der Waals surface area (Å²) in [6.07, 6.45) is 0.516. The van der Waals surface area contributed by atoms with E-state index < -0.39 is 11.9 Å². The van der Waals surface area contributed by atoms with Gasteiger partial charge >= 0.3 is 0 Å². The Kier molecular flexibility index (Phi) is 4.92. The van der Waals surface area contributed by atoms with E-state index in [0.29, 0.717) is 29.0 Å². The van der Waals surface area contributed by atoms with Gasteiger partial charge in [-0.3, -0.25) is 19.7 Å². The van der Waals surface area contributed by atoms with Gasteiger partial charge in [0.2, 0.25) is 11.8 Å². The van der Waals surface area contributed by atoms with Crippen LogP contribution in [0.2, 0.25) is 0 Å². The van der Waals surface area contributed by atoms with Gasteiger partial charge in [-0.1, -0.05) is 12.1 Å². The number of benzene rings is 2. The molecule has 150 valence electrons. The second-order valence-corrected chi connectivity index (χ2v) is 7.04. The molecule has 2 aromatic rings. The molecule has 2 N–H and O–H groups in total. The number of hydrogen-bond acceptors (Lipinski definition) is 5. The SMILES string of the molecule is COc1ccc(CNc2cccc3c2CN(C2CCC(=O)NC2=O)C3=O)c(F)c1. The lowest BCUT2D eigenvalue weighted by molar-refractivity contribution is -0.136. The predicted molar refractivity (Wildman–Crippen MR) is 103 cm³/mol. The predicted octanol–water partition coefficient (Wildman–Crippen LogP) is 2.21. The Morgan fingerprint density at radius 3 is 2.79 bits per heavy atom. The number of ether oxygens (including phenoxy) is 1. The highest BCUT2D eigenvalue weighted by atomic mass is 19.1. The van der Waals surface area contributed by atoms with Gasteiger partial charge in [0.1, 0.15) is 17.6 Å². The van der Waals surface area contributed by atoms with Crippen molar-refractivity contribution in [2.75, 3.05) is 12.4 Å². The molecule has 29 heavy (non-hydrogen) atoms. The molecule has 8 heteroatoms. The minimum absolute atomic E-state index is 0.207. The molecule has 3 amide bonds. The second-order valence-electron chi connectivity index (χ2n) is 7.04. The van der Waals surface area contributed by atoms with Gasteiger partial charge in [0.15, 0.2) is 0 Å². The van der Waals surface area contributed by atoms with Crippen molar-refractivity contribution in [3.05, 3.63) is 58.9 Å². The molecule has 2 aliphatic heterocycles.